The van der Waals surface area contributed by atoms with Crippen molar-refractivity contribution in [1.82, 2.24) is 0 Å². The Hall–Kier alpha value is -3.87. The second-order valence-electron chi connectivity index (χ2n) is 10.3. The van der Waals surface area contributed by atoms with Crippen LogP contribution >= 0.6 is 0 Å². The van der Waals surface area contributed by atoms with Gasteiger partial charge >= 0.3 is 18.1 Å². The SMILES string of the molecule is COCOc1cc(OC)cc2c1C(=O)O[C@@H](C(F)(F)F)CC=CC(OC(=O)c1ccccc1)[C@H]1OC(C)(C)O[C@H]1CC=C2. The van der Waals surface area contributed by atoms with Gasteiger partial charge in [-0.25, -0.2) is 9.59 Å². The van der Waals surface area contributed by atoms with Gasteiger partial charge < -0.3 is 33.2 Å². The summed E-state index contributed by atoms with van der Waals surface area (Å²) >= 11 is 0. The summed E-state index contributed by atoms with van der Waals surface area (Å²) < 4.78 is 81.0. The number of alkyl halides is 3. The summed E-state index contributed by atoms with van der Waals surface area (Å²) in [7, 11) is 2.75. The number of cyclic esters (lactones) is 1. The molecule has 12 heteroatoms. The molecule has 2 aromatic carbocycles. The Balaban J connectivity index is 1.78. The zero-order valence-corrected chi connectivity index (χ0v) is 24.1. The zero-order valence-electron chi connectivity index (χ0n) is 24.1. The Morgan fingerprint density at radius 3 is 2.47 bits per heavy atom. The van der Waals surface area contributed by atoms with Gasteiger partial charge in [-0.1, -0.05) is 36.4 Å². The van der Waals surface area contributed by atoms with Gasteiger partial charge in [-0.2, -0.15) is 13.2 Å². The van der Waals surface area contributed by atoms with Gasteiger partial charge in [0.05, 0.1) is 18.8 Å². The Labute approximate surface area is 247 Å². The van der Waals surface area contributed by atoms with Crippen molar-refractivity contribution < 1.29 is 55.9 Å². The number of benzene rings is 2. The third kappa shape index (κ3) is 8.15. The average Bonchev–Trinajstić information content (AvgIpc) is 3.27. The van der Waals surface area contributed by atoms with Gasteiger partial charge in [0.1, 0.15) is 29.3 Å². The number of hydrogen-bond donors (Lipinski definition) is 0. The van der Waals surface area contributed by atoms with Crippen molar-refractivity contribution in [2.24, 2.45) is 0 Å². The summed E-state index contributed by atoms with van der Waals surface area (Å²) in [6.07, 6.45) is -4.98. The maximum Gasteiger partial charge on any atom is 0.425 e. The van der Waals surface area contributed by atoms with E-state index in [4.69, 9.17) is 33.2 Å². The molecule has 0 saturated carbocycles. The van der Waals surface area contributed by atoms with E-state index in [1.165, 1.54) is 38.5 Å². The first-order valence-electron chi connectivity index (χ1n) is 13.5. The fourth-order valence-electron chi connectivity index (χ4n) is 4.72. The Morgan fingerprint density at radius 1 is 1.05 bits per heavy atom. The predicted molar refractivity (Wildman–Crippen MR) is 148 cm³/mol. The fraction of sp³-hybridized carbons (Fsp3) is 0.419. The number of halogens is 3. The van der Waals surface area contributed by atoms with Crippen molar-refractivity contribution >= 4 is 18.0 Å². The summed E-state index contributed by atoms with van der Waals surface area (Å²) in [5, 5.41) is 0. The standard InChI is InChI=1S/C31H33F3O9/c1-30(2)42-23-14-8-12-20-16-21(38-4)17-24(39-18-37-3)26(20)29(36)41-25(31(32,33)34)15-9-13-22(27(23)43-30)40-28(35)19-10-6-5-7-11-19/h5-13,16-17,22-23,25,27H,14-15,18H2,1-4H3/t22?,23-,25+,27+/m0/s1. The summed E-state index contributed by atoms with van der Waals surface area (Å²) in [4.78, 5) is 26.3. The number of esters is 2. The number of hydrogen-bond acceptors (Lipinski definition) is 9. The lowest BCUT2D eigenvalue weighted by molar-refractivity contribution is -0.203. The number of methoxy groups -OCH3 is 2. The highest BCUT2D eigenvalue weighted by Crippen LogP contribution is 2.36. The first kappa shape index (κ1) is 32.1. The summed E-state index contributed by atoms with van der Waals surface area (Å²) in [6.45, 7) is 3.09. The topological polar surface area (TPSA) is 98.8 Å². The smallest absolute Gasteiger partial charge is 0.425 e. The molecule has 2 heterocycles. The van der Waals surface area contributed by atoms with E-state index in [1.807, 2.05) is 0 Å². The molecule has 43 heavy (non-hydrogen) atoms. The summed E-state index contributed by atoms with van der Waals surface area (Å²) in [6, 6.07) is 11.0. The van der Waals surface area contributed by atoms with Crippen molar-refractivity contribution in [3.05, 3.63) is 77.4 Å². The van der Waals surface area contributed by atoms with Gasteiger partial charge in [0.25, 0.3) is 0 Å². The zero-order chi connectivity index (χ0) is 31.2. The molecule has 4 atom stereocenters. The Kier molecular flexibility index (Phi) is 10.2. The molecule has 0 bridgehead atoms. The first-order valence-corrected chi connectivity index (χ1v) is 13.5. The van der Waals surface area contributed by atoms with Crippen LogP contribution in [0.5, 0.6) is 11.5 Å². The molecule has 1 unspecified atom stereocenters. The second kappa shape index (κ2) is 13.6. The molecule has 9 nitrogen and oxygen atoms in total. The fourth-order valence-corrected chi connectivity index (χ4v) is 4.72. The molecule has 2 aliphatic heterocycles. The molecule has 232 valence electrons. The van der Waals surface area contributed by atoms with Crippen molar-refractivity contribution in [3.63, 3.8) is 0 Å². The number of rotatable bonds is 6. The van der Waals surface area contributed by atoms with Crippen LogP contribution in [-0.4, -0.2) is 69.3 Å². The average molecular weight is 607 g/mol. The minimum Gasteiger partial charge on any atom is -0.497 e. The Bertz CT molecular complexity index is 1340. The predicted octanol–water partition coefficient (Wildman–Crippen LogP) is 5.87. The first-order chi connectivity index (χ1) is 20.4. The van der Waals surface area contributed by atoms with Crippen LogP contribution in [-0.2, 0) is 23.7 Å². The number of ether oxygens (including phenoxy) is 7. The van der Waals surface area contributed by atoms with Crippen molar-refractivity contribution in [2.75, 3.05) is 21.0 Å². The minimum atomic E-state index is -4.92. The molecular weight excluding hydrogens is 573 g/mol. The minimum absolute atomic E-state index is 0.0817. The lowest BCUT2D eigenvalue weighted by Crippen LogP contribution is -2.38. The third-order valence-corrected chi connectivity index (χ3v) is 6.63. The van der Waals surface area contributed by atoms with Gasteiger partial charge in [0.2, 0.25) is 6.10 Å². The highest BCUT2D eigenvalue weighted by Gasteiger charge is 2.46. The van der Waals surface area contributed by atoms with E-state index in [2.05, 4.69) is 0 Å². The Morgan fingerprint density at radius 2 is 1.79 bits per heavy atom. The van der Waals surface area contributed by atoms with Gasteiger partial charge in [0.15, 0.2) is 12.6 Å². The molecule has 2 aliphatic rings. The van der Waals surface area contributed by atoms with E-state index < -0.39 is 54.7 Å². The van der Waals surface area contributed by atoms with E-state index >= 15 is 0 Å². The second-order valence-corrected chi connectivity index (χ2v) is 10.3. The number of carbonyl (C=O) groups excluding carboxylic acids is 2. The third-order valence-electron chi connectivity index (χ3n) is 6.63. The van der Waals surface area contributed by atoms with Crippen LogP contribution in [0.15, 0.2) is 60.7 Å². The number of fused-ring (bicyclic) bond motifs is 2. The largest absolute Gasteiger partial charge is 0.497 e. The maximum atomic E-state index is 14.1. The lowest BCUT2D eigenvalue weighted by atomic mass is 10.0. The number of carbonyl (C=O) groups is 2. The van der Waals surface area contributed by atoms with Crippen LogP contribution in [0.1, 0.15) is 53.0 Å². The van der Waals surface area contributed by atoms with E-state index in [0.29, 0.717) is 0 Å². The molecule has 2 aromatic rings. The van der Waals surface area contributed by atoms with Crippen LogP contribution < -0.4 is 9.47 Å². The van der Waals surface area contributed by atoms with Gasteiger partial charge in [0, 0.05) is 19.6 Å². The van der Waals surface area contributed by atoms with Gasteiger partial charge in [-0.3, -0.25) is 0 Å². The molecule has 0 amide bonds. The highest BCUT2D eigenvalue weighted by atomic mass is 19.4. The van der Waals surface area contributed by atoms with Crippen molar-refractivity contribution in [1.29, 1.82) is 0 Å². The summed E-state index contributed by atoms with van der Waals surface area (Å²) in [5.41, 5.74) is 0.203. The summed E-state index contributed by atoms with van der Waals surface area (Å²) in [5.74, 6) is -2.83. The molecule has 0 spiro atoms. The highest BCUT2D eigenvalue weighted by molar-refractivity contribution is 5.97. The van der Waals surface area contributed by atoms with E-state index in [9.17, 15) is 22.8 Å². The molecule has 0 aliphatic carbocycles. The van der Waals surface area contributed by atoms with Crippen molar-refractivity contribution in [2.45, 2.75) is 63.1 Å². The molecule has 0 aromatic heterocycles. The van der Waals surface area contributed by atoms with Crippen LogP contribution in [0.4, 0.5) is 13.2 Å². The molecular formula is C31H33F3O9. The molecule has 1 saturated heterocycles. The van der Waals surface area contributed by atoms with Gasteiger partial charge in [-0.15, -0.1) is 0 Å². The molecule has 0 N–H and O–H groups in total. The van der Waals surface area contributed by atoms with Crippen molar-refractivity contribution in [3.8, 4) is 11.5 Å². The van der Waals surface area contributed by atoms with E-state index in [-0.39, 0.29) is 41.4 Å². The van der Waals surface area contributed by atoms with Crippen LogP contribution in [0.2, 0.25) is 0 Å². The van der Waals surface area contributed by atoms with E-state index in [1.54, 1.807) is 50.3 Å². The molecule has 1 fully saturated rings. The van der Waals surface area contributed by atoms with Crippen LogP contribution in [0.25, 0.3) is 6.08 Å². The normalized spacial score (nSPS) is 23.8. The van der Waals surface area contributed by atoms with Crippen LogP contribution in [0.3, 0.4) is 0 Å². The van der Waals surface area contributed by atoms with Gasteiger partial charge in [-0.05, 0) is 50.1 Å². The maximum absolute atomic E-state index is 14.1. The monoisotopic (exact) mass is 606 g/mol. The molecule has 0 radical (unpaired) electrons. The van der Waals surface area contributed by atoms with E-state index in [0.717, 1.165) is 6.08 Å². The lowest BCUT2D eigenvalue weighted by Gasteiger charge is -2.25. The van der Waals surface area contributed by atoms with Crippen LogP contribution in [0, 0.1) is 0 Å². The quantitative estimate of drug-likeness (QED) is 0.227. The molecule has 4 rings (SSSR count).